The lowest BCUT2D eigenvalue weighted by Crippen LogP contribution is -2.51. The van der Waals surface area contributed by atoms with Gasteiger partial charge in [-0.15, -0.1) is 11.8 Å². The Morgan fingerprint density at radius 3 is 2.79 bits per heavy atom. The average Bonchev–Trinajstić information content (AvgIpc) is 3.09. The van der Waals surface area contributed by atoms with Crippen molar-refractivity contribution in [2.24, 2.45) is 0 Å². The molecular weight excluding hydrogens is 322 g/mol. The van der Waals surface area contributed by atoms with Crippen LogP contribution in [-0.4, -0.2) is 53.5 Å². The number of hydrogen-bond donors (Lipinski definition) is 2. The van der Waals surface area contributed by atoms with E-state index in [1.165, 1.54) is 5.56 Å². The van der Waals surface area contributed by atoms with Crippen LogP contribution in [0.3, 0.4) is 0 Å². The van der Waals surface area contributed by atoms with Gasteiger partial charge in [0.15, 0.2) is 0 Å². The minimum absolute atomic E-state index is 0.0255. The van der Waals surface area contributed by atoms with Crippen LogP contribution in [0.5, 0.6) is 0 Å². The van der Waals surface area contributed by atoms with Gasteiger partial charge in [0.25, 0.3) is 0 Å². The standard InChI is InChI=1S/C18H25N3O2S/c1-13-3-2-4-14(9-13)10-17(22)20-15-5-7-21(8-6-15)18(23)16-11-24-12-19-16/h2-4,9,15-16,19H,5-8,10-12H2,1H3,(H,20,22). The molecule has 0 radical (unpaired) electrons. The van der Waals surface area contributed by atoms with Gasteiger partial charge in [0.1, 0.15) is 0 Å². The van der Waals surface area contributed by atoms with Gasteiger partial charge < -0.3 is 10.2 Å². The van der Waals surface area contributed by atoms with Crippen LogP contribution in [0, 0.1) is 6.92 Å². The number of carbonyl (C=O) groups excluding carboxylic acids is 2. The molecule has 1 aromatic carbocycles. The molecule has 130 valence electrons. The van der Waals surface area contributed by atoms with Crippen molar-refractivity contribution in [2.75, 3.05) is 24.7 Å². The Hall–Kier alpha value is -1.53. The largest absolute Gasteiger partial charge is 0.353 e. The number of rotatable bonds is 4. The summed E-state index contributed by atoms with van der Waals surface area (Å²) in [5.41, 5.74) is 2.22. The van der Waals surface area contributed by atoms with Crippen LogP contribution in [0.25, 0.3) is 0 Å². The van der Waals surface area contributed by atoms with Crippen molar-refractivity contribution >= 4 is 23.6 Å². The molecule has 0 aromatic heterocycles. The highest BCUT2D eigenvalue weighted by molar-refractivity contribution is 7.99. The van der Waals surface area contributed by atoms with Crippen molar-refractivity contribution < 1.29 is 9.59 Å². The molecule has 2 saturated heterocycles. The first-order valence-corrected chi connectivity index (χ1v) is 9.72. The summed E-state index contributed by atoms with van der Waals surface area (Å²) >= 11 is 1.77. The summed E-state index contributed by atoms with van der Waals surface area (Å²) < 4.78 is 0. The van der Waals surface area contributed by atoms with Crippen LogP contribution in [0.15, 0.2) is 24.3 Å². The summed E-state index contributed by atoms with van der Waals surface area (Å²) in [5.74, 6) is 2.01. The van der Waals surface area contributed by atoms with Gasteiger partial charge in [-0.05, 0) is 25.3 Å². The number of amides is 2. The summed E-state index contributed by atoms with van der Waals surface area (Å²) in [5, 5.41) is 6.35. The molecule has 1 atom stereocenters. The lowest BCUT2D eigenvalue weighted by atomic mass is 10.0. The van der Waals surface area contributed by atoms with Gasteiger partial charge in [0.2, 0.25) is 11.8 Å². The van der Waals surface area contributed by atoms with Crippen molar-refractivity contribution in [2.45, 2.75) is 38.3 Å². The van der Waals surface area contributed by atoms with Gasteiger partial charge in [0.05, 0.1) is 12.5 Å². The van der Waals surface area contributed by atoms with E-state index in [2.05, 4.69) is 10.6 Å². The number of carbonyl (C=O) groups is 2. The molecule has 1 aromatic rings. The molecule has 2 amide bonds. The average molecular weight is 347 g/mol. The zero-order valence-corrected chi connectivity index (χ0v) is 14.9. The SMILES string of the molecule is Cc1cccc(CC(=O)NC2CCN(C(=O)C3CSCN3)CC2)c1. The molecule has 2 heterocycles. The Labute approximate surface area is 147 Å². The highest BCUT2D eigenvalue weighted by Crippen LogP contribution is 2.16. The maximum atomic E-state index is 12.4. The van der Waals surface area contributed by atoms with Crippen molar-refractivity contribution in [3.63, 3.8) is 0 Å². The summed E-state index contributed by atoms with van der Waals surface area (Å²) in [6.45, 7) is 3.50. The van der Waals surface area contributed by atoms with E-state index in [4.69, 9.17) is 0 Å². The van der Waals surface area contributed by atoms with Crippen LogP contribution in [0.1, 0.15) is 24.0 Å². The van der Waals surface area contributed by atoms with Gasteiger partial charge >= 0.3 is 0 Å². The molecule has 24 heavy (non-hydrogen) atoms. The van der Waals surface area contributed by atoms with E-state index in [0.717, 1.165) is 43.1 Å². The second kappa shape index (κ2) is 8.03. The first-order valence-electron chi connectivity index (χ1n) is 8.56. The van der Waals surface area contributed by atoms with E-state index in [1.807, 2.05) is 36.1 Å². The fourth-order valence-corrected chi connectivity index (χ4v) is 4.24. The number of nitrogens with zero attached hydrogens (tertiary/aromatic N) is 1. The van der Waals surface area contributed by atoms with Crippen molar-refractivity contribution in [1.29, 1.82) is 0 Å². The summed E-state index contributed by atoms with van der Waals surface area (Å²) in [7, 11) is 0. The topological polar surface area (TPSA) is 61.4 Å². The molecule has 2 aliphatic rings. The van der Waals surface area contributed by atoms with Crippen molar-refractivity contribution in [1.82, 2.24) is 15.5 Å². The Morgan fingerprint density at radius 2 is 2.12 bits per heavy atom. The lowest BCUT2D eigenvalue weighted by Gasteiger charge is -2.33. The number of thioether (sulfide) groups is 1. The highest BCUT2D eigenvalue weighted by atomic mass is 32.2. The van der Waals surface area contributed by atoms with E-state index in [1.54, 1.807) is 11.8 Å². The zero-order valence-electron chi connectivity index (χ0n) is 14.1. The monoisotopic (exact) mass is 347 g/mol. The van der Waals surface area contributed by atoms with Gasteiger partial charge in [-0.1, -0.05) is 29.8 Å². The van der Waals surface area contributed by atoms with Gasteiger partial charge in [-0.25, -0.2) is 0 Å². The lowest BCUT2D eigenvalue weighted by molar-refractivity contribution is -0.133. The highest BCUT2D eigenvalue weighted by Gasteiger charge is 2.30. The van der Waals surface area contributed by atoms with Crippen LogP contribution >= 0.6 is 11.8 Å². The predicted molar refractivity (Wildman–Crippen MR) is 96.9 cm³/mol. The fourth-order valence-electron chi connectivity index (χ4n) is 3.30. The van der Waals surface area contributed by atoms with Crippen LogP contribution in [-0.2, 0) is 16.0 Å². The third-order valence-corrected chi connectivity index (χ3v) is 5.57. The second-order valence-electron chi connectivity index (χ2n) is 6.60. The Kier molecular flexibility index (Phi) is 5.79. The Bertz CT molecular complexity index is 594. The molecule has 0 spiro atoms. The maximum absolute atomic E-state index is 12.4. The van der Waals surface area contributed by atoms with E-state index in [-0.39, 0.29) is 23.9 Å². The molecule has 2 N–H and O–H groups in total. The molecule has 6 heteroatoms. The van der Waals surface area contributed by atoms with E-state index >= 15 is 0 Å². The van der Waals surface area contributed by atoms with Crippen LogP contribution in [0.4, 0.5) is 0 Å². The summed E-state index contributed by atoms with van der Waals surface area (Å²) in [6.07, 6.45) is 2.10. The Balaban J connectivity index is 1.43. The van der Waals surface area contributed by atoms with E-state index < -0.39 is 0 Å². The molecule has 2 aliphatic heterocycles. The van der Waals surface area contributed by atoms with Gasteiger partial charge in [0, 0.05) is 30.8 Å². The summed E-state index contributed by atoms with van der Waals surface area (Å²) in [4.78, 5) is 26.5. The molecular formula is C18H25N3O2S. The Morgan fingerprint density at radius 1 is 1.33 bits per heavy atom. The normalized spacial score (nSPS) is 21.7. The molecule has 2 fully saturated rings. The number of nitrogens with one attached hydrogen (secondary N) is 2. The van der Waals surface area contributed by atoms with Crippen molar-refractivity contribution in [3.8, 4) is 0 Å². The first kappa shape index (κ1) is 17.3. The number of benzene rings is 1. The van der Waals surface area contributed by atoms with E-state index in [0.29, 0.717) is 6.42 Å². The third kappa shape index (κ3) is 4.51. The molecule has 0 aliphatic carbocycles. The number of aryl methyl sites for hydroxylation is 1. The molecule has 0 bridgehead atoms. The number of piperidine rings is 1. The quantitative estimate of drug-likeness (QED) is 0.862. The second-order valence-corrected chi connectivity index (χ2v) is 7.63. The number of likely N-dealkylation sites (tertiary alicyclic amines) is 1. The van der Waals surface area contributed by atoms with Crippen molar-refractivity contribution in [3.05, 3.63) is 35.4 Å². The molecule has 0 saturated carbocycles. The third-order valence-electron chi connectivity index (χ3n) is 4.63. The molecule has 3 rings (SSSR count). The molecule has 1 unspecified atom stereocenters. The van der Waals surface area contributed by atoms with Gasteiger partial charge in [-0.3, -0.25) is 14.9 Å². The fraction of sp³-hybridized carbons (Fsp3) is 0.556. The minimum atomic E-state index is -0.0255. The first-order chi connectivity index (χ1) is 11.6. The van der Waals surface area contributed by atoms with Crippen LogP contribution in [0.2, 0.25) is 0 Å². The molecule has 5 nitrogen and oxygen atoms in total. The number of hydrogen-bond acceptors (Lipinski definition) is 4. The maximum Gasteiger partial charge on any atom is 0.240 e. The van der Waals surface area contributed by atoms with Crippen LogP contribution < -0.4 is 10.6 Å². The summed E-state index contributed by atoms with van der Waals surface area (Å²) in [6, 6.07) is 8.21. The van der Waals surface area contributed by atoms with E-state index in [9.17, 15) is 9.59 Å². The minimum Gasteiger partial charge on any atom is -0.353 e. The smallest absolute Gasteiger partial charge is 0.240 e. The zero-order chi connectivity index (χ0) is 16.9. The predicted octanol–water partition coefficient (Wildman–Crippen LogP) is 1.31. The van der Waals surface area contributed by atoms with Gasteiger partial charge in [-0.2, -0.15) is 0 Å².